The maximum absolute atomic E-state index is 5.93. The summed E-state index contributed by atoms with van der Waals surface area (Å²) in [6.07, 6.45) is 0. The summed E-state index contributed by atoms with van der Waals surface area (Å²) in [5.41, 5.74) is 1.17. The molecular weight excluding hydrogens is 277 g/mol. The molecule has 2 atom stereocenters. The van der Waals surface area contributed by atoms with Gasteiger partial charge in [-0.2, -0.15) is 0 Å². The van der Waals surface area contributed by atoms with Crippen molar-refractivity contribution in [2.45, 2.75) is 19.0 Å². The van der Waals surface area contributed by atoms with E-state index < -0.39 is 0 Å². The molecule has 2 rings (SSSR count). The maximum Gasteiger partial charge on any atom is 0.130 e. The van der Waals surface area contributed by atoms with E-state index in [0.29, 0.717) is 17.2 Å². The zero-order valence-electron chi connectivity index (χ0n) is 8.43. The second-order valence-electron chi connectivity index (χ2n) is 3.72. The Morgan fingerprint density at radius 2 is 2.13 bits per heavy atom. The quantitative estimate of drug-likeness (QED) is 0.778. The third-order valence-electron chi connectivity index (χ3n) is 2.60. The molecule has 1 fully saturated rings. The molecule has 1 aromatic rings. The van der Waals surface area contributed by atoms with Gasteiger partial charge in [0.25, 0.3) is 0 Å². The Hall–Kier alpha value is -0.160. The summed E-state index contributed by atoms with van der Waals surface area (Å²) in [5.74, 6) is 0. The fourth-order valence-corrected chi connectivity index (χ4v) is 2.67. The fraction of sp³-hybridized carbons (Fsp3) is 0.500. The first-order valence-corrected chi connectivity index (χ1v) is 6.13. The summed E-state index contributed by atoms with van der Waals surface area (Å²) >= 11 is 9.28. The van der Waals surface area contributed by atoms with Crippen LogP contribution in [0.25, 0.3) is 0 Å². The lowest BCUT2D eigenvalue weighted by Gasteiger charge is -2.31. The van der Waals surface area contributed by atoms with Crippen LogP contribution in [0.2, 0.25) is 5.15 Å². The van der Waals surface area contributed by atoms with E-state index in [9.17, 15) is 0 Å². The van der Waals surface area contributed by atoms with Gasteiger partial charge in [0.2, 0.25) is 0 Å². The molecule has 1 saturated heterocycles. The minimum Gasteiger partial charge on any atom is -0.311 e. The predicted molar refractivity (Wildman–Crippen MR) is 65.2 cm³/mol. The second-order valence-corrected chi connectivity index (χ2v) is 4.92. The lowest BCUT2D eigenvalue weighted by Crippen LogP contribution is -2.49. The first-order chi connectivity index (χ1) is 7.16. The van der Waals surface area contributed by atoms with Gasteiger partial charge in [0.1, 0.15) is 9.76 Å². The summed E-state index contributed by atoms with van der Waals surface area (Å²) in [4.78, 5) is 4.09. The van der Waals surface area contributed by atoms with Gasteiger partial charge >= 0.3 is 0 Å². The Morgan fingerprint density at radius 1 is 1.40 bits per heavy atom. The Kier molecular flexibility index (Phi) is 3.61. The van der Waals surface area contributed by atoms with Crippen molar-refractivity contribution in [1.82, 2.24) is 15.6 Å². The number of pyridine rings is 1. The molecule has 0 saturated carbocycles. The van der Waals surface area contributed by atoms with Crippen LogP contribution in [0.1, 0.15) is 18.5 Å². The van der Waals surface area contributed by atoms with E-state index in [1.165, 1.54) is 5.56 Å². The third-order valence-corrected chi connectivity index (χ3v) is 3.20. The van der Waals surface area contributed by atoms with Crippen LogP contribution >= 0.6 is 27.5 Å². The molecule has 1 aromatic heterocycles. The van der Waals surface area contributed by atoms with E-state index in [2.05, 4.69) is 38.5 Å². The molecule has 5 heteroatoms. The Labute approximate surface area is 103 Å². The van der Waals surface area contributed by atoms with Crippen LogP contribution < -0.4 is 10.6 Å². The second kappa shape index (κ2) is 4.78. The molecule has 1 aliphatic heterocycles. The molecule has 82 valence electrons. The fourth-order valence-electron chi connectivity index (χ4n) is 1.89. The molecule has 1 aliphatic rings. The first kappa shape index (κ1) is 11.3. The number of hydrogen-bond acceptors (Lipinski definition) is 3. The Balaban J connectivity index is 2.27. The highest BCUT2D eigenvalue weighted by atomic mass is 79.9. The average Bonchev–Trinajstić information content (AvgIpc) is 2.16. The molecule has 2 heterocycles. The highest BCUT2D eigenvalue weighted by molar-refractivity contribution is 9.10. The van der Waals surface area contributed by atoms with Gasteiger partial charge in [-0.05, 0) is 40.5 Å². The van der Waals surface area contributed by atoms with E-state index in [4.69, 9.17) is 11.6 Å². The normalized spacial score (nSPS) is 26.6. The van der Waals surface area contributed by atoms with Crippen molar-refractivity contribution in [1.29, 1.82) is 0 Å². The van der Waals surface area contributed by atoms with Crippen molar-refractivity contribution < 1.29 is 0 Å². The minimum atomic E-state index is 0.301. The highest BCUT2D eigenvalue weighted by Gasteiger charge is 2.22. The minimum absolute atomic E-state index is 0.301. The summed E-state index contributed by atoms with van der Waals surface area (Å²) < 4.78 is 0.782. The number of nitrogens with zero attached hydrogens (tertiary/aromatic N) is 1. The van der Waals surface area contributed by atoms with Crippen LogP contribution in [0.5, 0.6) is 0 Å². The zero-order valence-corrected chi connectivity index (χ0v) is 10.8. The average molecular weight is 291 g/mol. The molecule has 3 nitrogen and oxygen atoms in total. The Bertz CT molecular complexity index is 338. The zero-order chi connectivity index (χ0) is 10.8. The number of piperazine rings is 1. The number of hydrogen-bond donors (Lipinski definition) is 2. The van der Waals surface area contributed by atoms with Crippen molar-refractivity contribution in [3.63, 3.8) is 0 Å². The summed E-state index contributed by atoms with van der Waals surface area (Å²) in [6.45, 7) is 4.16. The van der Waals surface area contributed by atoms with Gasteiger partial charge < -0.3 is 10.6 Å². The van der Waals surface area contributed by atoms with Crippen LogP contribution in [0.3, 0.4) is 0 Å². The van der Waals surface area contributed by atoms with E-state index in [1.807, 2.05) is 12.1 Å². The molecular formula is C10H13BrClN3. The molecule has 2 N–H and O–H groups in total. The molecule has 0 unspecified atom stereocenters. The number of aromatic nitrogens is 1. The third kappa shape index (κ3) is 2.69. The smallest absolute Gasteiger partial charge is 0.130 e. The lowest BCUT2D eigenvalue weighted by molar-refractivity contribution is 0.345. The van der Waals surface area contributed by atoms with Crippen LogP contribution in [-0.2, 0) is 0 Å². The van der Waals surface area contributed by atoms with Crippen LogP contribution in [0.4, 0.5) is 0 Å². The van der Waals surface area contributed by atoms with Gasteiger partial charge in [-0.15, -0.1) is 0 Å². The van der Waals surface area contributed by atoms with Crippen LogP contribution in [0.15, 0.2) is 16.7 Å². The molecule has 0 aromatic carbocycles. The Morgan fingerprint density at radius 3 is 2.80 bits per heavy atom. The van der Waals surface area contributed by atoms with Crippen molar-refractivity contribution in [3.8, 4) is 0 Å². The lowest BCUT2D eigenvalue weighted by atomic mass is 10.00. The molecule has 0 spiro atoms. The maximum atomic E-state index is 5.93. The topological polar surface area (TPSA) is 37.0 Å². The van der Waals surface area contributed by atoms with Crippen LogP contribution in [-0.4, -0.2) is 24.1 Å². The SMILES string of the molecule is C[C@@H]1NCCN[C@H]1c1cc(Cl)nc(Br)c1. The molecule has 0 bridgehead atoms. The van der Waals surface area contributed by atoms with E-state index in [-0.39, 0.29) is 0 Å². The largest absolute Gasteiger partial charge is 0.311 e. The molecule has 0 amide bonds. The van der Waals surface area contributed by atoms with Crippen molar-refractivity contribution >= 4 is 27.5 Å². The number of rotatable bonds is 1. The first-order valence-electron chi connectivity index (χ1n) is 4.96. The molecule has 15 heavy (non-hydrogen) atoms. The van der Waals surface area contributed by atoms with Crippen LogP contribution in [0, 0.1) is 0 Å². The predicted octanol–water partition coefficient (Wildman–Crippen LogP) is 2.12. The van der Waals surface area contributed by atoms with Gasteiger partial charge in [-0.3, -0.25) is 0 Å². The molecule has 0 radical (unpaired) electrons. The van der Waals surface area contributed by atoms with E-state index in [1.54, 1.807) is 0 Å². The summed E-state index contributed by atoms with van der Waals surface area (Å²) in [5, 5.41) is 7.42. The van der Waals surface area contributed by atoms with Gasteiger partial charge in [-0.25, -0.2) is 4.98 Å². The van der Waals surface area contributed by atoms with Crippen molar-refractivity contribution in [2.24, 2.45) is 0 Å². The molecule has 0 aliphatic carbocycles. The number of halogens is 2. The van der Waals surface area contributed by atoms with Gasteiger partial charge in [0.05, 0.1) is 0 Å². The van der Waals surface area contributed by atoms with Gasteiger partial charge in [-0.1, -0.05) is 11.6 Å². The summed E-state index contributed by atoms with van der Waals surface area (Å²) in [6, 6.07) is 4.63. The van der Waals surface area contributed by atoms with Gasteiger partial charge in [0, 0.05) is 25.2 Å². The monoisotopic (exact) mass is 289 g/mol. The van der Waals surface area contributed by atoms with Gasteiger partial charge in [0.15, 0.2) is 0 Å². The van der Waals surface area contributed by atoms with E-state index in [0.717, 1.165) is 17.7 Å². The highest BCUT2D eigenvalue weighted by Crippen LogP contribution is 2.24. The van der Waals surface area contributed by atoms with Crippen molar-refractivity contribution in [3.05, 3.63) is 27.5 Å². The standard InChI is InChI=1S/C10H13BrClN3/c1-6-10(14-3-2-13-6)7-4-8(11)15-9(12)5-7/h4-6,10,13-14H,2-3H2,1H3/t6-,10+/m0/s1. The van der Waals surface area contributed by atoms with Crippen molar-refractivity contribution in [2.75, 3.05) is 13.1 Å². The number of nitrogens with one attached hydrogen (secondary N) is 2. The summed E-state index contributed by atoms with van der Waals surface area (Å²) in [7, 11) is 0. The van der Waals surface area contributed by atoms with E-state index >= 15 is 0 Å².